The van der Waals surface area contributed by atoms with E-state index in [1.807, 2.05) is 121 Å². The standard InChI is InChI=1S/C57H40N6O/c1-57(2)47-30-16-28-45(37-32-34-42(35-33-37)55-60-51(38-18-7-3-8-19-38)58-52(61-55)39-20-9-4-10-21-39)49(47)64-50-46(29-17-31-48(50)57)43-26-15-27-44(36-43)56-62-53(40-22-11-5-12-23-40)59-54(63-56)41-24-13-6-14-25-41/h3-36H,1-2H3. The average molecular weight is 825 g/mol. The fourth-order valence-corrected chi connectivity index (χ4v) is 8.48. The molecule has 3 heterocycles. The molecule has 0 spiro atoms. The van der Waals surface area contributed by atoms with Gasteiger partial charge in [-0.2, -0.15) is 0 Å². The van der Waals surface area contributed by atoms with Crippen molar-refractivity contribution in [2.24, 2.45) is 0 Å². The zero-order valence-electron chi connectivity index (χ0n) is 35.2. The van der Waals surface area contributed by atoms with Crippen molar-refractivity contribution < 1.29 is 4.74 Å². The Labute approximate surface area is 371 Å². The van der Waals surface area contributed by atoms with E-state index in [0.717, 1.165) is 78.3 Å². The van der Waals surface area contributed by atoms with Crippen LogP contribution in [-0.4, -0.2) is 29.9 Å². The van der Waals surface area contributed by atoms with Gasteiger partial charge in [-0.3, -0.25) is 0 Å². The number of aromatic nitrogens is 6. The average Bonchev–Trinajstić information content (AvgIpc) is 3.37. The third kappa shape index (κ3) is 7.19. The molecule has 0 saturated carbocycles. The van der Waals surface area contributed by atoms with Crippen molar-refractivity contribution in [1.29, 1.82) is 0 Å². The minimum Gasteiger partial charge on any atom is -0.455 e. The summed E-state index contributed by atoms with van der Waals surface area (Å²) in [5, 5.41) is 0. The molecule has 0 fully saturated rings. The fraction of sp³-hybridized carbons (Fsp3) is 0.0526. The van der Waals surface area contributed by atoms with Crippen LogP contribution in [0.2, 0.25) is 0 Å². The quantitative estimate of drug-likeness (QED) is 0.151. The van der Waals surface area contributed by atoms with Crippen molar-refractivity contribution in [3.05, 3.63) is 217 Å². The van der Waals surface area contributed by atoms with Crippen LogP contribution in [0.15, 0.2) is 206 Å². The summed E-state index contributed by atoms with van der Waals surface area (Å²) >= 11 is 0. The summed E-state index contributed by atoms with van der Waals surface area (Å²) in [5.41, 5.74) is 11.4. The molecule has 0 aliphatic carbocycles. The predicted octanol–water partition coefficient (Wildman–Crippen LogP) is 13.8. The van der Waals surface area contributed by atoms with Gasteiger partial charge in [0, 0.05) is 61.0 Å². The summed E-state index contributed by atoms with van der Waals surface area (Å²) in [6, 6.07) is 69.9. The minimum atomic E-state index is -0.359. The van der Waals surface area contributed by atoms with E-state index in [2.05, 4.69) is 98.8 Å². The highest BCUT2D eigenvalue weighted by atomic mass is 16.5. The maximum Gasteiger partial charge on any atom is 0.164 e. The predicted molar refractivity (Wildman–Crippen MR) is 255 cm³/mol. The monoisotopic (exact) mass is 824 g/mol. The Hall–Kier alpha value is -8.42. The molecule has 10 aromatic rings. The van der Waals surface area contributed by atoms with Gasteiger partial charge in [0.2, 0.25) is 0 Å². The summed E-state index contributed by atoms with van der Waals surface area (Å²) in [5.74, 6) is 5.38. The smallest absolute Gasteiger partial charge is 0.164 e. The van der Waals surface area contributed by atoms with Crippen LogP contribution >= 0.6 is 0 Å². The number of hydrogen-bond acceptors (Lipinski definition) is 7. The zero-order chi connectivity index (χ0) is 43.0. The van der Waals surface area contributed by atoms with E-state index in [1.165, 1.54) is 0 Å². The second kappa shape index (κ2) is 16.1. The fourth-order valence-electron chi connectivity index (χ4n) is 8.48. The van der Waals surface area contributed by atoms with Gasteiger partial charge in [-0.15, -0.1) is 0 Å². The van der Waals surface area contributed by atoms with E-state index in [0.29, 0.717) is 34.9 Å². The lowest BCUT2D eigenvalue weighted by atomic mass is 9.74. The van der Waals surface area contributed by atoms with Crippen LogP contribution in [0.3, 0.4) is 0 Å². The van der Waals surface area contributed by atoms with Gasteiger partial charge in [-0.1, -0.05) is 214 Å². The Kier molecular flexibility index (Phi) is 9.70. The highest BCUT2D eigenvalue weighted by molar-refractivity contribution is 5.83. The van der Waals surface area contributed by atoms with E-state index < -0.39 is 0 Å². The van der Waals surface area contributed by atoms with E-state index in [4.69, 9.17) is 34.6 Å². The van der Waals surface area contributed by atoms with Crippen LogP contribution < -0.4 is 4.74 Å². The van der Waals surface area contributed by atoms with Gasteiger partial charge in [0.25, 0.3) is 0 Å². The van der Waals surface area contributed by atoms with Crippen LogP contribution in [0, 0.1) is 0 Å². The molecule has 304 valence electrons. The number of fused-ring (bicyclic) bond motifs is 2. The molecule has 0 saturated heterocycles. The van der Waals surface area contributed by atoms with Gasteiger partial charge in [0.05, 0.1) is 0 Å². The Morgan fingerprint density at radius 2 is 0.578 bits per heavy atom. The van der Waals surface area contributed by atoms with Crippen LogP contribution in [-0.2, 0) is 5.41 Å². The highest BCUT2D eigenvalue weighted by Crippen LogP contribution is 2.54. The first-order valence-electron chi connectivity index (χ1n) is 21.4. The van der Waals surface area contributed by atoms with E-state index in [-0.39, 0.29) is 5.41 Å². The number of benzene rings is 8. The van der Waals surface area contributed by atoms with E-state index in [1.54, 1.807) is 0 Å². The summed E-state index contributed by atoms with van der Waals surface area (Å²) in [6.45, 7) is 4.55. The minimum absolute atomic E-state index is 0.359. The summed E-state index contributed by atoms with van der Waals surface area (Å²) in [6.07, 6.45) is 0. The molecule has 7 heteroatoms. The van der Waals surface area contributed by atoms with Crippen LogP contribution in [0.1, 0.15) is 25.0 Å². The Morgan fingerprint density at radius 1 is 0.281 bits per heavy atom. The lowest BCUT2D eigenvalue weighted by Gasteiger charge is -2.36. The van der Waals surface area contributed by atoms with Crippen LogP contribution in [0.4, 0.5) is 0 Å². The van der Waals surface area contributed by atoms with E-state index >= 15 is 0 Å². The van der Waals surface area contributed by atoms with Crippen molar-refractivity contribution in [2.45, 2.75) is 19.3 Å². The second-order valence-electron chi connectivity index (χ2n) is 16.3. The van der Waals surface area contributed by atoms with Crippen molar-refractivity contribution in [2.75, 3.05) is 0 Å². The topological polar surface area (TPSA) is 86.6 Å². The normalized spacial score (nSPS) is 12.5. The zero-order valence-corrected chi connectivity index (χ0v) is 35.2. The molecule has 0 amide bonds. The van der Waals surface area contributed by atoms with E-state index in [9.17, 15) is 0 Å². The lowest BCUT2D eigenvalue weighted by Crippen LogP contribution is -2.25. The van der Waals surface area contributed by atoms with Crippen molar-refractivity contribution in [3.8, 4) is 102 Å². The number of nitrogens with zero attached hydrogens (tertiary/aromatic N) is 6. The molecule has 1 aliphatic heterocycles. The molecular formula is C57H40N6O. The third-order valence-electron chi connectivity index (χ3n) is 11.9. The highest BCUT2D eigenvalue weighted by Gasteiger charge is 2.37. The molecule has 0 atom stereocenters. The number of para-hydroxylation sites is 2. The molecule has 2 aromatic heterocycles. The Bertz CT molecular complexity index is 3190. The molecule has 0 bridgehead atoms. The molecule has 7 nitrogen and oxygen atoms in total. The second-order valence-corrected chi connectivity index (χ2v) is 16.3. The maximum absolute atomic E-state index is 7.15. The number of rotatable bonds is 8. The van der Waals surface area contributed by atoms with Crippen LogP contribution in [0.25, 0.3) is 90.6 Å². The third-order valence-corrected chi connectivity index (χ3v) is 11.9. The molecule has 0 radical (unpaired) electrons. The first kappa shape index (κ1) is 38.5. The van der Waals surface area contributed by atoms with Crippen LogP contribution in [0.5, 0.6) is 11.5 Å². The first-order chi connectivity index (χ1) is 31.5. The first-order valence-corrected chi connectivity index (χ1v) is 21.4. The van der Waals surface area contributed by atoms with Crippen molar-refractivity contribution in [3.63, 3.8) is 0 Å². The lowest BCUT2D eigenvalue weighted by molar-refractivity contribution is 0.421. The number of hydrogen-bond donors (Lipinski definition) is 0. The summed E-state index contributed by atoms with van der Waals surface area (Å²) in [4.78, 5) is 29.7. The molecule has 64 heavy (non-hydrogen) atoms. The van der Waals surface area contributed by atoms with Gasteiger partial charge in [0.1, 0.15) is 11.5 Å². The van der Waals surface area contributed by atoms with Gasteiger partial charge in [0.15, 0.2) is 34.9 Å². The van der Waals surface area contributed by atoms with Gasteiger partial charge in [-0.25, -0.2) is 29.9 Å². The van der Waals surface area contributed by atoms with Crippen molar-refractivity contribution >= 4 is 0 Å². The molecule has 1 aliphatic rings. The molecule has 8 aromatic carbocycles. The molecular weight excluding hydrogens is 785 g/mol. The number of ether oxygens (including phenoxy) is 1. The SMILES string of the molecule is CC1(C)c2cccc(-c3ccc(-c4nc(-c5ccccc5)nc(-c5ccccc5)n4)cc3)c2Oc2c(-c3cccc(-c4nc(-c5ccccc5)nc(-c5ccccc5)n4)c3)cccc21. The Balaban J connectivity index is 0.966. The van der Waals surface area contributed by atoms with Gasteiger partial charge in [-0.05, 0) is 17.2 Å². The van der Waals surface area contributed by atoms with Crippen molar-refractivity contribution in [1.82, 2.24) is 29.9 Å². The van der Waals surface area contributed by atoms with Gasteiger partial charge >= 0.3 is 0 Å². The largest absolute Gasteiger partial charge is 0.455 e. The summed E-state index contributed by atoms with van der Waals surface area (Å²) in [7, 11) is 0. The molecule has 11 rings (SSSR count). The molecule has 0 unspecified atom stereocenters. The maximum atomic E-state index is 7.15. The Morgan fingerprint density at radius 3 is 0.984 bits per heavy atom. The molecule has 0 N–H and O–H groups in total. The van der Waals surface area contributed by atoms with Gasteiger partial charge < -0.3 is 4.74 Å². The summed E-state index contributed by atoms with van der Waals surface area (Å²) < 4.78 is 7.15.